The van der Waals surface area contributed by atoms with Crippen LogP contribution < -0.4 is 10.2 Å². The molecule has 0 unspecified atom stereocenters. The molecule has 0 spiro atoms. The number of nitrogens with zero attached hydrogens (tertiary/aromatic N) is 1. The molecule has 0 atom stereocenters. The molecule has 1 aliphatic heterocycles. The van der Waals surface area contributed by atoms with Gasteiger partial charge < -0.3 is 14.6 Å². The van der Waals surface area contributed by atoms with Crippen LogP contribution in [-0.2, 0) is 6.42 Å². The van der Waals surface area contributed by atoms with Gasteiger partial charge in [0.15, 0.2) is 5.76 Å². The number of hydrogen-bond acceptors (Lipinski definition) is 3. The molecule has 4 heteroatoms. The number of amides is 1. The second-order valence-electron chi connectivity index (χ2n) is 4.63. The quantitative estimate of drug-likeness (QED) is 0.898. The van der Waals surface area contributed by atoms with E-state index in [1.54, 1.807) is 17.0 Å². The van der Waals surface area contributed by atoms with Crippen molar-refractivity contribution in [1.29, 1.82) is 0 Å². The van der Waals surface area contributed by atoms with Gasteiger partial charge in [0.25, 0.3) is 5.91 Å². The Bertz CT molecular complexity index is 590. The molecule has 3 rings (SSSR count). The van der Waals surface area contributed by atoms with E-state index in [0.29, 0.717) is 5.76 Å². The first-order chi connectivity index (χ1) is 9.29. The molecule has 4 nitrogen and oxygen atoms in total. The molecular weight excluding hydrogens is 240 g/mol. The molecule has 1 aromatic heterocycles. The summed E-state index contributed by atoms with van der Waals surface area (Å²) in [7, 11) is 1.88. The molecule has 1 amide bonds. The number of anilines is 2. The van der Waals surface area contributed by atoms with Crippen LogP contribution in [0.4, 0.5) is 11.4 Å². The van der Waals surface area contributed by atoms with Crippen LogP contribution in [0.3, 0.4) is 0 Å². The minimum absolute atomic E-state index is 0.0702. The van der Waals surface area contributed by atoms with Gasteiger partial charge in [0.1, 0.15) is 0 Å². The summed E-state index contributed by atoms with van der Waals surface area (Å²) in [4.78, 5) is 14.2. The molecule has 2 aromatic rings. The summed E-state index contributed by atoms with van der Waals surface area (Å²) < 4.78 is 5.21. The Morgan fingerprint density at radius 3 is 3.00 bits per heavy atom. The Morgan fingerprint density at radius 1 is 1.37 bits per heavy atom. The van der Waals surface area contributed by atoms with Gasteiger partial charge >= 0.3 is 0 Å². The molecule has 0 fully saturated rings. The monoisotopic (exact) mass is 256 g/mol. The van der Waals surface area contributed by atoms with E-state index in [9.17, 15) is 4.79 Å². The average Bonchev–Trinajstić information content (AvgIpc) is 2.99. The average molecular weight is 256 g/mol. The number of carbonyl (C=O) groups is 1. The molecule has 1 aliphatic rings. The lowest BCUT2D eigenvalue weighted by Crippen LogP contribution is -2.35. The van der Waals surface area contributed by atoms with Crippen LogP contribution in [0.5, 0.6) is 0 Å². The normalized spacial score (nSPS) is 14.1. The standard InChI is InChI=1S/C15H16N2O2/c1-16-12-7-6-11-4-2-8-17(13(11)10-12)15(18)14-5-3-9-19-14/h3,5-7,9-10,16H,2,4,8H2,1H3. The maximum atomic E-state index is 12.4. The van der Waals surface area contributed by atoms with Crippen molar-refractivity contribution in [3.63, 3.8) is 0 Å². The van der Waals surface area contributed by atoms with E-state index in [2.05, 4.69) is 11.4 Å². The SMILES string of the molecule is CNc1ccc2c(c1)N(C(=O)c1ccco1)CCC2. The number of nitrogens with one attached hydrogen (secondary N) is 1. The predicted octanol–water partition coefficient (Wildman–Crippen LogP) is 2.91. The zero-order valence-corrected chi connectivity index (χ0v) is 10.8. The molecule has 98 valence electrons. The van der Waals surface area contributed by atoms with Crippen LogP contribution in [0.1, 0.15) is 22.5 Å². The van der Waals surface area contributed by atoms with Crippen molar-refractivity contribution in [2.45, 2.75) is 12.8 Å². The number of fused-ring (bicyclic) bond motifs is 1. The smallest absolute Gasteiger partial charge is 0.293 e. The summed E-state index contributed by atoms with van der Waals surface area (Å²) in [5.74, 6) is 0.321. The fourth-order valence-electron chi connectivity index (χ4n) is 2.47. The van der Waals surface area contributed by atoms with Crippen molar-refractivity contribution in [3.8, 4) is 0 Å². The number of aryl methyl sites for hydroxylation is 1. The number of hydrogen-bond donors (Lipinski definition) is 1. The number of rotatable bonds is 2. The Labute approximate surface area is 112 Å². The zero-order chi connectivity index (χ0) is 13.2. The zero-order valence-electron chi connectivity index (χ0n) is 10.8. The lowest BCUT2D eigenvalue weighted by Gasteiger charge is -2.29. The summed E-state index contributed by atoms with van der Waals surface area (Å²) in [5, 5.41) is 3.11. The Kier molecular flexibility index (Phi) is 2.99. The van der Waals surface area contributed by atoms with Crippen LogP contribution in [0, 0.1) is 0 Å². The maximum absolute atomic E-state index is 12.4. The number of benzene rings is 1. The van der Waals surface area contributed by atoms with Gasteiger partial charge in [-0.15, -0.1) is 0 Å². The predicted molar refractivity (Wildman–Crippen MR) is 74.7 cm³/mol. The minimum Gasteiger partial charge on any atom is -0.459 e. The first-order valence-electron chi connectivity index (χ1n) is 6.45. The van der Waals surface area contributed by atoms with Crippen LogP contribution in [0.2, 0.25) is 0 Å². The van der Waals surface area contributed by atoms with Gasteiger partial charge in [-0.2, -0.15) is 0 Å². The highest BCUT2D eigenvalue weighted by Gasteiger charge is 2.25. The summed E-state index contributed by atoms with van der Waals surface area (Å²) >= 11 is 0. The van der Waals surface area contributed by atoms with Gasteiger partial charge in [-0.05, 0) is 42.7 Å². The summed E-state index contributed by atoms with van der Waals surface area (Å²) in [6.45, 7) is 0.736. The molecule has 0 aliphatic carbocycles. The fourth-order valence-corrected chi connectivity index (χ4v) is 2.47. The van der Waals surface area contributed by atoms with E-state index in [1.807, 2.05) is 19.2 Å². The highest BCUT2D eigenvalue weighted by Crippen LogP contribution is 2.31. The van der Waals surface area contributed by atoms with Crippen molar-refractivity contribution < 1.29 is 9.21 Å². The topological polar surface area (TPSA) is 45.5 Å². The van der Waals surface area contributed by atoms with E-state index in [1.165, 1.54) is 11.8 Å². The molecular formula is C15H16N2O2. The Hall–Kier alpha value is -2.23. The highest BCUT2D eigenvalue weighted by molar-refractivity contribution is 6.05. The number of carbonyl (C=O) groups excluding carboxylic acids is 1. The fraction of sp³-hybridized carbons (Fsp3) is 0.267. The van der Waals surface area contributed by atoms with Crippen LogP contribution >= 0.6 is 0 Å². The maximum Gasteiger partial charge on any atom is 0.293 e. The van der Waals surface area contributed by atoms with Crippen molar-refractivity contribution in [1.82, 2.24) is 0 Å². The van der Waals surface area contributed by atoms with Crippen LogP contribution in [0.25, 0.3) is 0 Å². The van der Waals surface area contributed by atoms with Crippen molar-refractivity contribution in [3.05, 3.63) is 47.9 Å². The van der Waals surface area contributed by atoms with Gasteiger partial charge in [-0.25, -0.2) is 0 Å². The van der Waals surface area contributed by atoms with Crippen molar-refractivity contribution in [2.75, 3.05) is 23.8 Å². The molecule has 0 bridgehead atoms. The molecule has 19 heavy (non-hydrogen) atoms. The third-order valence-corrected chi connectivity index (χ3v) is 3.47. The van der Waals surface area contributed by atoms with Gasteiger partial charge in [0, 0.05) is 25.0 Å². The van der Waals surface area contributed by atoms with Crippen molar-refractivity contribution in [2.24, 2.45) is 0 Å². The largest absolute Gasteiger partial charge is 0.459 e. The van der Waals surface area contributed by atoms with Gasteiger partial charge in [-0.1, -0.05) is 6.07 Å². The molecule has 0 saturated carbocycles. The van der Waals surface area contributed by atoms with Crippen molar-refractivity contribution >= 4 is 17.3 Å². The van der Waals surface area contributed by atoms with E-state index >= 15 is 0 Å². The molecule has 0 radical (unpaired) electrons. The van der Waals surface area contributed by atoms with E-state index in [-0.39, 0.29) is 5.91 Å². The second-order valence-corrected chi connectivity index (χ2v) is 4.63. The molecule has 2 heterocycles. The van der Waals surface area contributed by atoms with E-state index < -0.39 is 0 Å². The Morgan fingerprint density at radius 2 is 2.26 bits per heavy atom. The lowest BCUT2D eigenvalue weighted by molar-refractivity contribution is 0.0958. The highest BCUT2D eigenvalue weighted by atomic mass is 16.3. The van der Waals surface area contributed by atoms with E-state index in [0.717, 1.165) is 30.8 Å². The van der Waals surface area contributed by atoms with Gasteiger partial charge in [-0.3, -0.25) is 4.79 Å². The summed E-state index contributed by atoms with van der Waals surface area (Å²) in [6.07, 6.45) is 3.53. The second kappa shape index (κ2) is 4.80. The van der Waals surface area contributed by atoms with E-state index in [4.69, 9.17) is 4.42 Å². The molecule has 0 saturated heterocycles. The molecule has 1 aromatic carbocycles. The first-order valence-corrected chi connectivity index (χ1v) is 6.45. The van der Waals surface area contributed by atoms with Crippen LogP contribution in [-0.4, -0.2) is 19.5 Å². The Balaban J connectivity index is 1.99. The number of furan rings is 1. The summed E-state index contributed by atoms with van der Waals surface area (Å²) in [6, 6.07) is 9.60. The third-order valence-electron chi connectivity index (χ3n) is 3.47. The summed E-state index contributed by atoms with van der Waals surface area (Å²) in [5.41, 5.74) is 3.21. The lowest BCUT2D eigenvalue weighted by atomic mass is 10.0. The van der Waals surface area contributed by atoms with Gasteiger partial charge in [0.2, 0.25) is 0 Å². The minimum atomic E-state index is -0.0702. The molecule has 1 N–H and O–H groups in total. The van der Waals surface area contributed by atoms with Crippen LogP contribution in [0.15, 0.2) is 41.0 Å². The first kappa shape index (κ1) is 11.8. The third kappa shape index (κ3) is 2.10. The van der Waals surface area contributed by atoms with Gasteiger partial charge in [0.05, 0.1) is 6.26 Å².